The van der Waals surface area contributed by atoms with Gasteiger partial charge in [0, 0.05) is 11.1 Å². The number of hydrogen-bond acceptors (Lipinski definition) is 5. The number of hydrogen-bond donors (Lipinski definition) is 1. The van der Waals surface area contributed by atoms with Crippen LogP contribution in [0.3, 0.4) is 0 Å². The molecule has 1 unspecified atom stereocenters. The van der Waals surface area contributed by atoms with E-state index in [9.17, 15) is 0 Å². The quantitative estimate of drug-likeness (QED) is 0.913. The van der Waals surface area contributed by atoms with Gasteiger partial charge in [-0.05, 0) is 39.4 Å². The molecular weight excluding hydrogens is 258 g/mol. The standard InChI is InChI=1S/C14H19N3OS/c1-9(2)18-12-5-11(6-16-7-12)13(15-4)14-10(3)17-8-19-14/h5-9,13,15H,1-4H3. The highest BCUT2D eigenvalue weighted by molar-refractivity contribution is 7.09. The Kier molecular flexibility index (Phi) is 4.50. The maximum Gasteiger partial charge on any atom is 0.138 e. The summed E-state index contributed by atoms with van der Waals surface area (Å²) in [6.45, 7) is 6.04. The van der Waals surface area contributed by atoms with Gasteiger partial charge in [0.1, 0.15) is 5.75 Å². The summed E-state index contributed by atoms with van der Waals surface area (Å²) in [4.78, 5) is 9.79. The Hall–Kier alpha value is -1.46. The number of pyridine rings is 1. The van der Waals surface area contributed by atoms with Crippen LogP contribution in [0.1, 0.15) is 36.0 Å². The molecule has 0 spiro atoms. The molecule has 0 aromatic carbocycles. The number of nitrogens with zero attached hydrogens (tertiary/aromatic N) is 2. The van der Waals surface area contributed by atoms with Gasteiger partial charge in [-0.1, -0.05) is 0 Å². The highest BCUT2D eigenvalue weighted by atomic mass is 32.1. The molecular formula is C14H19N3OS. The van der Waals surface area contributed by atoms with Gasteiger partial charge >= 0.3 is 0 Å². The second kappa shape index (κ2) is 6.12. The maximum absolute atomic E-state index is 5.69. The van der Waals surface area contributed by atoms with Gasteiger partial charge in [-0.3, -0.25) is 4.98 Å². The van der Waals surface area contributed by atoms with Gasteiger partial charge < -0.3 is 10.1 Å². The van der Waals surface area contributed by atoms with Crippen LogP contribution in [0.15, 0.2) is 24.0 Å². The maximum atomic E-state index is 5.69. The molecule has 0 saturated heterocycles. The van der Waals surface area contributed by atoms with Crippen molar-refractivity contribution in [3.05, 3.63) is 40.1 Å². The van der Waals surface area contributed by atoms with Crippen LogP contribution in [0, 0.1) is 6.92 Å². The third-order valence-electron chi connectivity index (χ3n) is 2.77. The van der Waals surface area contributed by atoms with Crippen molar-refractivity contribution in [3.8, 4) is 5.75 Å². The van der Waals surface area contributed by atoms with E-state index in [0.29, 0.717) is 0 Å². The molecule has 0 fully saturated rings. The van der Waals surface area contributed by atoms with Crippen LogP contribution < -0.4 is 10.1 Å². The van der Waals surface area contributed by atoms with E-state index < -0.39 is 0 Å². The molecule has 4 nitrogen and oxygen atoms in total. The fraction of sp³-hybridized carbons (Fsp3) is 0.429. The minimum absolute atomic E-state index is 0.107. The summed E-state index contributed by atoms with van der Waals surface area (Å²) < 4.78 is 5.69. The Labute approximate surface area is 117 Å². The van der Waals surface area contributed by atoms with E-state index >= 15 is 0 Å². The van der Waals surface area contributed by atoms with Gasteiger partial charge in [0.15, 0.2) is 0 Å². The third-order valence-corrected chi connectivity index (χ3v) is 3.77. The zero-order valence-corrected chi connectivity index (χ0v) is 12.5. The summed E-state index contributed by atoms with van der Waals surface area (Å²) in [6, 6.07) is 2.14. The van der Waals surface area contributed by atoms with Crippen molar-refractivity contribution in [1.29, 1.82) is 0 Å². The second-order valence-corrected chi connectivity index (χ2v) is 5.53. The molecule has 1 N–H and O–H groups in total. The molecule has 0 amide bonds. The van der Waals surface area contributed by atoms with Crippen LogP contribution in [0.2, 0.25) is 0 Å². The SMILES string of the molecule is CNC(c1cncc(OC(C)C)c1)c1scnc1C. The van der Waals surface area contributed by atoms with Crippen molar-refractivity contribution < 1.29 is 4.74 Å². The van der Waals surface area contributed by atoms with Crippen LogP contribution in [-0.2, 0) is 0 Å². The first-order chi connectivity index (χ1) is 9.11. The van der Waals surface area contributed by atoms with Crippen molar-refractivity contribution in [2.24, 2.45) is 0 Å². The smallest absolute Gasteiger partial charge is 0.138 e. The molecule has 102 valence electrons. The van der Waals surface area contributed by atoms with E-state index in [1.807, 2.05) is 45.6 Å². The predicted molar refractivity (Wildman–Crippen MR) is 77.8 cm³/mol. The van der Waals surface area contributed by atoms with Gasteiger partial charge in [-0.15, -0.1) is 11.3 Å². The van der Waals surface area contributed by atoms with Crippen molar-refractivity contribution in [3.63, 3.8) is 0 Å². The fourth-order valence-corrected chi connectivity index (χ4v) is 2.90. The average Bonchev–Trinajstić information content (AvgIpc) is 2.77. The van der Waals surface area contributed by atoms with Gasteiger partial charge in [-0.25, -0.2) is 4.98 Å². The zero-order chi connectivity index (χ0) is 13.8. The topological polar surface area (TPSA) is 47.0 Å². The Morgan fingerprint density at radius 3 is 2.68 bits per heavy atom. The van der Waals surface area contributed by atoms with Crippen molar-refractivity contribution in [1.82, 2.24) is 15.3 Å². The molecule has 2 heterocycles. The zero-order valence-electron chi connectivity index (χ0n) is 11.7. The first kappa shape index (κ1) is 14.0. The largest absolute Gasteiger partial charge is 0.489 e. The van der Waals surface area contributed by atoms with Crippen LogP contribution in [0.25, 0.3) is 0 Å². The van der Waals surface area contributed by atoms with Gasteiger partial charge in [0.25, 0.3) is 0 Å². The third kappa shape index (κ3) is 3.30. The molecule has 0 radical (unpaired) electrons. The highest BCUT2D eigenvalue weighted by Gasteiger charge is 2.17. The molecule has 5 heteroatoms. The lowest BCUT2D eigenvalue weighted by molar-refractivity contribution is 0.241. The minimum Gasteiger partial charge on any atom is -0.489 e. The number of nitrogens with one attached hydrogen (secondary N) is 1. The van der Waals surface area contributed by atoms with E-state index in [4.69, 9.17) is 4.74 Å². The van der Waals surface area contributed by atoms with E-state index in [2.05, 4.69) is 15.3 Å². The summed E-state index contributed by atoms with van der Waals surface area (Å²) in [6.07, 6.45) is 3.76. The summed E-state index contributed by atoms with van der Waals surface area (Å²) in [5.41, 5.74) is 4.02. The Balaban J connectivity index is 2.31. The number of ether oxygens (including phenoxy) is 1. The highest BCUT2D eigenvalue weighted by Crippen LogP contribution is 2.29. The van der Waals surface area contributed by atoms with Crippen molar-refractivity contribution in [2.45, 2.75) is 32.9 Å². The normalized spacial score (nSPS) is 12.7. The second-order valence-electron chi connectivity index (χ2n) is 4.64. The molecule has 2 rings (SSSR count). The summed E-state index contributed by atoms with van der Waals surface area (Å²) >= 11 is 1.65. The van der Waals surface area contributed by atoms with E-state index in [0.717, 1.165) is 17.0 Å². The van der Waals surface area contributed by atoms with Crippen molar-refractivity contribution >= 4 is 11.3 Å². The number of rotatable bonds is 5. The predicted octanol–water partition coefficient (Wildman–Crippen LogP) is 2.94. The van der Waals surface area contributed by atoms with E-state index in [1.54, 1.807) is 17.5 Å². The lowest BCUT2D eigenvalue weighted by atomic mass is 10.1. The number of aromatic nitrogens is 2. The molecule has 19 heavy (non-hydrogen) atoms. The molecule has 0 saturated carbocycles. The van der Waals surface area contributed by atoms with Crippen LogP contribution >= 0.6 is 11.3 Å². The van der Waals surface area contributed by atoms with Gasteiger partial charge in [0.2, 0.25) is 0 Å². The molecule has 2 aromatic rings. The first-order valence-electron chi connectivity index (χ1n) is 6.30. The van der Waals surface area contributed by atoms with Gasteiger partial charge in [-0.2, -0.15) is 0 Å². The van der Waals surface area contributed by atoms with Crippen LogP contribution in [-0.4, -0.2) is 23.1 Å². The summed E-state index contributed by atoms with van der Waals surface area (Å²) in [7, 11) is 1.94. The molecule has 0 bridgehead atoms. The lowest BCUT2D eigenvalue weighted by Gasteiger charge is -2.17. The lowest BCUT2D eigenvalue weighted by Crippen LogP contribution is -2.18. The molecule has 0 aliphatic heterocycles. The Bertz CT molecular complexity index is 539. The van der Waals surface area contributed by atoms with Crippen LogP contribution in [0.4, 0.5) is 0 Å². The molecule has 0 aliphatic carbocycles. The fourth-order valence-electron chi connectivity index (χ4n) is 1.97. The van der Waals surface area contributed by atoms with Gasteiger partial charge in [0.05, 0.1) is 29.5 Å². The first-order valence-corrected chi connectivity index (χ1v) is 7.18. The van der Waals surface area contributed by atoms with Crippen molar-refractivity contribution in [2.75, 3.05) is 7.05 Å². The molecule has 0 aliphatic rings. The summed E-state index contributed by atoms with van der Waals surface area (Å²) in [5.74, 6) is 0.801. The molecule has 1 atom stereocenters. The number of thiazole rings is 1. The Morgan fingerprint density at radius 2 is 2.11 bits per heavy atom. The minimum atomic E-state index is 0.107. The van der Waals surface area contributed by atoms with E-state index in [-0.39, 0.29) is 12.1 Å². The average molecular weight is 277 g/mol. The monoisotopic (exact) mass is 277 g/mol. The number of aryl methyl sites for hydroxylation is 1. The van der Waals surface area contributed by atoms with E-state index in [1.165, 1.54) is 4.88 Å². The van der Waals surface area contributed by atoms with Crippen LogP contribution in [0.5, 0.6) is 5.75 Å². The Morgan fingerprint density at radius 1 is 1.32 bits per heavy atom. The molecule has 2 aromatic heterocycles. The summed E-state index contributed by atoms with van der Waals surface area (Å²) in [5, 5.41) is 3.32.